The zero-order valence-electron chi connectivity index (χ0n) is 26.2. The Hall–Kier alpha value is -3.06. The molecule has 240 valence electrons. The normalized spacial score (nSPS) is 26.4. The quantitative estimate of drug-likeness (QED) is 0.152. The lowest BCUT2D eigenvalue weighted by Crippen LogP contribution is -2.44. The van der Waals surface area contributed by atoms with E-state index in [9.17, 15) is 9.50 Å². The molecule has 12 heteroatoms. The van der Waals surface area contributed by atoms with Gasteiger partial charge in [0.15, 0.2) is 0 Å². The van der Waals surface area contributed by atoms with E-state index in [0.717, 1.165) is 61.3 Å². The van der Waals surface area contributed by atoms with Crippen molar-refractivity contribution >= 4 is 12.5 Å². The molecular weight excluding hydrogens is 565 g/mol. The number of nitrogens with one attached hydrogen (secondary N) is 1. The summed E-state index contributed by atoms with van der Waals surface area (Å²) < 4.78 is 33.9. The first-order chi connectivity index (χ1) is 21.2. The van der Waals surface area contributed by atoms with Gasteiger partial charge in [-0.2, -0.15) is 15.1 Å². The minimum absolute atomic E-state index is 0.232. The van der Waals surface area contributed by atoms with Crippen molar-refractivity contribution in [3.05, 3.63) is 40.6 Å². The molecule has 4 aliphatic rings. The van der Waals surface area contributed by atoms with Crippen molar-refractivity contribution in [2.75, 3.05) is 58.5 Å². The van der Waals surface area contributed by atoms with E-state index in [0.29, 0.717) is 58.4 Å². The molecule has 2 saturated heterocycles. The third kappa shape index (κ3) is 6.09. The van der Waals surface area contributed by atoms with Gasteiger partial charge in [-0.25, -0.2) is 4.39 Å². The van der Waals surface area contributed by atoms with Gasteiger partial charge in [0, 0.05) is 44.8 Å². The van der Waals surface area contributed by atoms with Gasteiger partial charge in [-0.05, 0) is 82.9 Å². The molecule has 1 spiro atoms. The third-order valence-corrected chi connectivity index (χ3v) is 9.69. The average molecular weight is 612 g/mol. The third-order valence-electron chi connectivity index (χ3n) is 9.69. The van der Waals surface area contributed by atoms with E-state index in [1.165, 1.54) is 5.56 Å². The van der Waals surface area contributed by atoms with Crippen molar-refractivity contribution in [2.45, 2.75) is 82.0 Å². The van der Waals surface area contributed by atoms with Crippen LogP contribution in [0.25, 0.3) is 0 Å². The van der Waals surface area contributed by atoms with Gasteiger partial charge in [0.25, 0.3) is 0 Å². The number of phenols is 1. The number of rotatable bonds is 13. The number of halogens is 1. The lowest BCUT2D eigenvalue weighted by Gasteiger charge is -2.39. The van der Waals surface area contributed by atoms with E-state index in [1.807, 2.05) is 38.1 Å². The van der Waals surface area contributed by atoms with Gasteiger partial charge in [-0.1, -0.05) is 6.07 Å². The van der Waals surface area contributed by atoms with E-state index < -0.39 is 11.8 Å². The highest BCUT2D eigenvalue weighted by Gasteiger charge is 2.50. The Bertz CT molecular complexity index is 1350. The minimum atomic E-state index is -0.835. The largest absolute Gasteiger partial charge is 0.508 e. The molecule has 2 aromatic rings. The van der Waals surface area contributed by atoms with Gasteiger partial charge in [0.1, 0.15) is 37.3 Å². The lowest BCUT2D eigenvalue weighted by molar-refractivity contribution is -0.0733. The molecule has 44 heavy (non-hydrogen) atoms. The van der Waals surface area contributed by atoms with Crippen LogP contribution in [0.4, 0.5) is 10.2 Å². The zero-order chi connectivity index (χ0) is 30.9. The van der Waals surface area contributed by atoms with Gasteiger partial charge >= 0.3 is 6.01 Å². The first kappa shape index (κ1) is 30.9. The standard InChI is InChI=1S/C32H46FN7O4/c1-22(43-21-38(3)4)40(14-6-12-35-34-2)29-26-19-44-32(11-9-23-7-8-25(41)15-27(23)32)17-28(26)36-30(37-29)42-20-31-10-5-13-39(31)18-24(33)16-31/h7-8,15,22,24,35,41H,2,5-6,9-14,16-21H2,1,3-4H3/t22?,24-,31+,32?/m1/s1. The highest BCUT2D eigenvalue weighted by molar-refractivity contribution is 5.53. The molecule has 2 N–H and O–H groups in total. The fourth-order valence-electron chi connectivity index (χ4n) is 7.50. The van der Waals surface area contributed by atoms with E-state index in [4.69, 9.17) is 24.2 Å². The summed E-state index contributed by atoms with van der Waals surface area (Å²) in [5.41, 5.74) is 6.06. The SMILES string of the molecule is C=NNCCCN(c1nc(OC[C@@]23CCCN2C[C@H](F)C3)nc2c1COC1(CCc3ccc(O)cc31)C2)C(C)OCN(C)C. The molecule has 1 aromatic heterocycles. The van der Waals surface area contributed by atoms with Gasteiger partial charge in [-0.15, -0.1) is 0 Å². The molecule has 2 unspecified atom stereocenters. The first-order valence-corrected chi connectivity index (χ1v) is 15.8. The van der Waals surface area contributed by atoms with Crippen molar-refractivity contribution in [1.29, 1.82) is 0 Å². The summed E-state index contributed by atoms with van der Waals surface area (Å²) in [6.07, 6.45) is 4.30. The fraction of sp³-hybridized carbons (Fsp3) is 0.656. The second kappa shape index (κ2) is 12.7. The summed E-state index contributed by atoms with van der Waals surface area (Å²) in [5.74, 6) is 0.956. The summed E-state index contributed by atoms with van der Waals surface area (Å²) in [7, 11) is 3.94. The predicted octanol–water partition coefficient (Wildman–Crippen LogP) is 3.34. The van der Waals surface area contributed by atoms with Crippen molar-refractivity contribution in [2.24, 2.45) is 5.10 Å². The number of fused-ring (bicyclic) bond motifs is 4. The van der Waals surface area contributed by atoms with Crippen molar-refractivity contribution in [3.63, 3.8) is 0 Å². The van der Waals surface area contributed by atoms with Gasteiger partial charge in [0.05, 0.1) is 23.4 Å². The Labute approximate surface area is 259 Å². The molecule has 0 amide bonds. The summed E-state index contributed by atoms with van der Waals surface area (Å²) in [6.45, 7) is 9.33. The first-order valence-electron chi connectivity index (χ1n) is 15.8. The van der Waals surface area contributed by atoms with Crippen molar-refractivity contribution in [1.82, 2.24) is 25.2 Å². The molecule has 4 heterocycles. The minimum Gasteiger partial charge on any atom is -0.508 e. The smallest absolute Gasteiger partial charge is 0.318 e. The van der Waals surface area contributed by atoms with Crippen LogP contribution in [0.5, 0.6) is 11.8 Å². The van der Waals surface area contributed by atoms with Crippen LogP contribution in [0.2, 0.25) is 0 Å². The number of nitrogens with zero attached hydrogens (tertiary/aromatic N) is 6. The molecule has 0 radical (unpaired) electrons. The monoisotopic (exact) mass is 611 g/mol. The number of benzene rings is 1. The fourth-order valence-corrected chi connectivity index (χ4v) is 7.50. The van der Waals surface area contributed by atoms with Crippen LogP contribution in [-0.2, 0) is 34.5 Å². The molecule has 4 atom stereocenters. The highest BCUT2D eigenvalue weighted by atomic mass is 19.1. The molecular formula is C32H46FN7O4. The maximum Gasteiger partial charge on any atom is 0.318 e. The number of hydrazone groups is 1. The second-order valence-corrected chi connectivity index (χ2v) is 13.0. The number of hydrogen-bond acceptors (Lipinski definition) is 11. The maximum absolute atomic E-state index is 14.5. The van der Waals surface area contributed by atoms with Crippen LogP contribution in [0.15, 0.2) is 23.3 Å². The molecule has 6 rings (SSSR count). The van der Waals surface area contributed by atoms with Gasteiger partial charge in [-0.3, -0.25) is 9.80 Å². The van der Waals surface area contributed by atoms with Crippen LogP contribution in [0.1, 0.15) is 61.4 Å². The summed E-state index contributed by atoms with van der Waals surface area (Å²) in [6, 6.07) is 5.85. The van der Waals surface area contributed by atoms with Crippen LogP contribution in [0, 0.1) is 0 Å². The Morgan fingerprint density at radius 2 is 2.18 bits per heavy atom. The lowest BCUT2D eigenvalue weighted by atomic mass is 9.86. The number of ether oxygens (including phenoxy) is 3. The second-order valence-electron chi connectivity index (χ2n) is 13.0. The van der Waals surface area contributed by atoms with Crippen LogP contribution in [-0.4, -0.2) is 103 Å². The number of aromatic hydroxyl groups is 1. The van der Waals surface area contributed by atoms with Crippen LogP contribution >= 0.6 is 0 Å². The van der Waals surface area contributed by atoms with Crippen molar-refractivity contribution < 1.29 is 23.7 Å². The van der Waals surface area contributed by atoms with Crippen LogP contribution in [0.3, 0.4) is 0 Å². The van der Waals surface area contributed by atoms with Crippen molar-refractivity contribution in [3.8, 4) is 11.8 Å². The Balaban J connectivity index is 1.35. The topological polar surface area (TPSA) is 108 Å². The number of aromatic nitrogens is 2. The number of phenolic OH excluding ortho intramolecular Hbond substituents is 1. The van der Waals surface area contributed by atoms with Crippen LogP contribution < -0.4 is 15.1 Å². The zero-order valence-corrected chi connectivity index (χ0v) is 26.2. The summed E-state index contributed by atoms with van der Waals surface area (Å²) in [5, 5.41) is 14.1. The Morgan fingerprint density at radius 3 is 3.00 bits per heavy atom. The Kier molecular flexibility index (Phi) is 8.96. The Morgan fingerprint density at radius 1 is 1.32 bits per heavy atom. The van der Waals surface area contributed by atoms with E-state index in [2.05, 4.69) is 27.0 Å². The maximum atomic E-state index is 14.5. The van der Waals surface area contributed by atoms with Gasteiger partial charge in [0.2, 0.25) is 0 Å². The molecule has 0 bridgehead atoms. The van der Waals surface area contributed by atoms with Gasteiger partial charge < -0.3 is 29.6 Å². The number of aryl methyl sites for hydroxylation is 1. The predicted molar refractivity (Wildman–Crippen MR) is 166 cm³/mol. The summed E-state index contributed by atoms with van der Waals surface area (Å²) >= 11 is 0. The van der Waals surface area contributed by atoms with E-state index in [1.54, 1.807) is 6.07 Å². The molecule has 2 fully saturated rings. The summed E-state index contributed by atoms with van der Waals surface area (Å²) in [4.78, 5) is 16.4. The van der Waals surface area contributed by atoms with E-state index >= 15 is 0 Å². The average Bonchev–Trinajstić information content (AvgIpc) is 3.64. The molecule has 1 aliphatic carbocycles. The molecule has 0 saturated carbocycles. The van der Waals surface area contributed by atoms with E-state index in [-0.39, 0.29) is 17.5 Å². The highest BCUT2D eigenvalue weighted by Crippen LogP contribution is 2.48. The molecule has 3 aliphatic heterocycles. The molecule has 1 aromatic carbocycles. The number of alkyl halides is 1. The number of anilines is 1. The molecule has 11 nitrogen and oxygen atoms in total. The number of hydrogen-bond donors (Lipinski definition) is 2.